The number of hydrogen-bond acceptors (Lipinski definition) is 12. The first-order valence-corrected chi connectivity index (χ1v) is 18.4. The number of fused-ring (bicyclic) bond motifs is 4. The number of allylic oxidation sites excluding steroid dienone is 1. The fourth-order valence-corrected chi connectivity index (χ4v) is 7.54. The number of ether oxygens (including phenoxy) is 4. The zero-order chi connectivity index (χ0) is 37.6. The summed E-state index contributed by atoms with van der Waals surface area (Å²) in [5, 5.41) is 65.7. The second-order valence-electron chi connectivity index (χ2n) is 15.9. The first kappa shape index (κ1) is 41.3. The van der Waals surface area contributed by atoms with Gasteiger partial charge in [0.05, 0.1) is 36.6 Å². The minimum Gasteiger partial charge on any atom is -0.459 e. The van der Waals surface area contributed by atoms with Crippen LogP contribution in [0.4, 0.5) is 0 Å². The molecule has 4 aliphatic heterocycles. The monoisotopic (exact) mass is 720 g/mol. The second kappa shape index (κ2) is 18.1. The summed E-state index contributed by atoms with van der Waals surface area (Å²) in [6.07, 6.45) is 2.34. The third-order valence-corrected chi connectivity index (χ3v) is 11.2. The fourth-order valence-electron chi connectivity index (χ4n) is 7.54. The third-order valence-electron chi connectivity index (χ3n) is 11.2. The van der Waals surface area contributed by atoms with E-state index in [0.29, 0.717) is 36.8 Å². The number of carbonyl (C=O) groups excluding carboxylic acids is 2. The lowest BCUT2D eigenvalue weighted by Gasteiger charge is -2.38. The van der Waals surface area contributed by atoms with E-state index in [2.05, 4.69) is 6.58 Å². The molecule has 0 aromatic rings. The molecule has 4 bridgehead atoms. The Labute approximate surface area is 301 Å². The molecule has 0 aromatic carbocycles. The maximum Gasteiger partial charge on any atom is 0.333 e. The van der Waals surface area contributed by atoms with Crippen LogP contribution in [0.5, 0.6) is 0 Å². The van der Waals surface area contributed by atoms with Crippen molar-refractivity contribution in [2.24, 2.45) is 17.3 Å². The zero-order valence-electron chi connectivity index (χ0n) is 30.7. The van der Waals surface area contributed by atoms with Crippen molar-refractivity contribution >= 4 is 11.9 Å². The molecular weight excluding hydrogens is 660 g/mol. The fraction of sp³-hybridized carbons (Fsp3) is 0.744. The van der Waals surface area contributed by atoms with E-state index in [9.17, 15) is 40.2 Å². The van der Waals surface area contributed by atoms with Gasteiger partial charge in [0.15, 0.2) is 6.29 Å². The van der Waals surface area contributed by atoms with Gasteiger partial charge in [0, 0.05) is 54.6 Å². The van der Waals surface area contributed by atoms with Gasteiger partial charge in [-0.25, -0.2) is 9.59 Å². The minimum atomic E-state index is -1.16. The van der Waals surface area contributed by atoms with Gasteiger partial charge in [-0.15, -0.1) is 0 Å². The van der Waals surface area contributed by atoms with Crippen molar-refractivity contribution in [2.45, 2.75) is 166 Å². The van der Waals surface area contributed by atoms with Gasteiger partial charge in [-0.05, 0) is 52.4 Å². The molecule has 6 N–H and O–H groups in total. The number of aliphatic hydroxyl groups excluding tert-OH is 6. The van der Waals surface area contributed by atoms with E-state index in [-0.39, 0.29) is 37.4 Å². The van der Waals surface area contributed by atoms with Crippen molar-refractivity contribution in [1.29, 1.82) is 0 Å². The van der Waals surface area contributed by atoms with E-state index >= 15 is 0 Å². The van der Waals surface area contributed by atoms with Crippen molar-refractivity contribution in [2.75, 3.05) is 0 Å². The number of hydrogen-bond donors (Lipinski definition) is 6. The first-order chi connectivity index (χ1) is 23.9. The van der Waals surface area contributed by atoms with Gasteiger partial charge < -0.3 is 49.6 Å². The van der Waals surface area contributed by atoms with Crippen molar-refractivity contribution < 1.29 is 59.2 Å². The molecule has 0 aromatic heterocycles. The molecule has 51 heavy (non-hydrogen) atoms. The molecule has 4 aliphatic rings. The Morgan fingerprint density at radius 1 is 1.02 bits per heavy atom. The molecule has 288 valence electrons. The zero-order valence-corrected chi connectivity index (χ0v) is 30.7. The highest BCUT2D eigenvalue weighted by atomic mass is 16.6. The van der Waals surface area contributed by atoms with Gasteiger partial charge in [-0.2, -0.15) is 0 Å². The quantitative estimate of drug-likeness (QED) is 0.0981. The maximum absolute atomic E-state index is 12.7. The molecule has 4 rings (SSSR count). The number of cyclic esters (lactones) is 1. The molecule has 0 spiro atoms. The Bertz CT molecular complexity index is 1290. The van der Waals surface area contributed by atoms with Gasteiger partial charge >= 0.3 is 11.9 Å². The summed E-state index contributed by atoms with van der Waals surface area (Å²) < 4.78 is 23.0. The molecule has 4 heterocycles. The molecule has 0 amide bonds. The SMILES string of the molecule is C=C1CC(CC(O)C(C)C(O)CC(O)C(C)(C)C(O)C/C(C)=C/C(O)C2OC3CC(C)=CC4CC(CCC/C=C/C(=O)OC2C3)OC4O)OC1=O. The lowest BCUT2D eigenvalue weighted by atomic mass is 9.75. The molecule has 0 aliphatic carbocycles. The molecule has 13 unspecified atom stereocenters. The first-order valence-electron chi connectivity index (χ1n) is 18.4. The molecule has 0 saturated carbocycles. The van der Waals surface area contributed by atoms with Gasteiger partial charge in [0.2, 0.25) is 0 Å². The minimum absolute atomic E-state index is 0.0377. The second-order valence-corrected chi connectivity index (χ2v) is 15.9. The average molecular weight is 721 g/mol. The topological polar surface area (TPSA) is 192 Å². The van der Waals surface area contributed by atoms with Crippen LogP contribution in [0.1, 0.15) is 98.8 Å². The molecule has 13 atom stereocenters. The Hall–Kier alpha value is -2.42. The van der Waals surface area contributed by atoms with E-state index < -0.39 is 78.4 Å². The van der Waals surface area contributed by atoms with E-state index in [1.54, 1.807) is 39.8 Å². The molecule has 12 nitrogen and oxygen atoms in total. The predicted molar refractivity (Wildman–Crippen MR) is 188 cm³/mol. The summed E-state index contributed by atoms with van der Waals surface area (Å²) in [6, 6.07) is 0. The number of carbonyl (C=O) groups is 2. The van der Waals surface area contributed by atoms with E-state index in [1.165, 1.54) is 6.08 Å². The highest BCUT2D eigenvalue weighted by Crippen LogP contribution is 2.36. The van der Waals surface area contributed by atoms with Crippen molar-refractivity contribution in [3.05, 3.63) is 47.6 Å². The standard InChI is InChI=1S/C39H60O12/c1-21-12-25-17-26(49-38(25)47)10-8-7-9-11-35(45)51-32-19-27(13-21)48-36(32)31(42)14-22(2)15-33(43)39(5,6)34(44)20-30(41)24(4)29(40)18-28-16-23(3)37(46)50-28/h9,11-12,14,24-34,36,38,40-44,47H,3,7-8,10,13,15-20H2,1-2,4-6H3/b11-9+,21-12?,22-14+. The van der Waals surface area contributed by atoms with Gasteiger partial charge in [-0.1, -0.05) is 56.7 Å². The Balaban J connectivity index is 1.36. The van der Waals surface area contributed by atoms with Crippen LogP contribution in [0, 0.1) is 17.3 Å². The van der Waals surface area contributed by atoms with Crippen molar-refractivity contribution in [1.82, 2.24) is 0 Å². The van der Waals surface area contributed by atoms with Crippen molar-refractivity contribution in [3.8, 4) is 0 Å². The van der Waals surface area contributed by atoms with Crippen LogP contribution >= 0.6 is 0 Å². The normalized spacial score (nSPS) is 33.9. The lowest BCUT2D eigenvalue weighted by Crippen LogP contribution is -2.44. The lowest BCUT2D eigenvalue weighted by molar-refractivity contribution is -0.148. The van der Waals surface area contributed by atoms with Crippen LogP contribution in [0.3, 0.4) is 0 Å². The Kier molecular flexibility index (Phi) is 14.6. The van der Waals surface area contributed by atoms with E-state index in [1.807, 2.05) is 13.0 Å². The van der Waals surface area contributed by atoms with Crippen LogP contribution in [0.2, 0.25) is 0 Å². The van der Waals surface area contributed by atoms with Crippen LogP contribution in [-0.2, 0) is 28.5 Å². The van der Waals surface area contributed by atoms with Gasteiger partial charge in [0.1, 0.15) is 24.4 Å². The largest absolute Gasteiger partial charge is 0.459 e. The van der Waals surface area contributed by atoms with E-state index in [4.69, 9.17) is 18.9 Å². The Morgan fingerprint density at radius 2 is 1.75 bits per heavy atom. The molecule has 12 heteroatoms. The van der Waals surface area contributed by atoms with Crippen molar-refractivity contribution in [3.63, 3.8) is 0 Å². The van der Waals surface area contributed by atoms with Crippen LogP contribution in [0.15, 0.2) is 47.6 Å². The third kappa shape index (κ3) is 11.3. The number of aliphatic hydroxyl groups is 6. The number of esters is 2. The summed E-state index contributed by atoms with van der Waals surface area (Å²) in [5.41, 5.74) is 0.908. The molecular formula is C39H60O12. The highest BCUT2D eigenvalue weighted by Gasteiger charge is 2.43. The highest BCUT2D eigenvalue weighted by molar-refractivity contribution is 5.89. The number of rotatable bonds is 12. The summed E-state index contributed by atoms with van der Waals surface area (Å²) in [5.74, 6) is -1.75. The van der Waals surface area contributed by atoms with Crippen LogP contribution in [-0.4, -0.2) is 110 Å². The summed E-state index contributed by atoms with van der Waals surface area (Å²) in [7, 11) is 0. The van der Waals surface area contributed by atoms with Gasteiger partial charge in [-0.3, -0.25) is 0 Å². The average Bonchev–Trinajstić information content (AvgIpc) is 3.70. The predicted octanol–water partition coefficient (Wildman–Crippen LogP) is 3.31. The summed E-state index contributed by atoms with van der Waals surface area (Å²) in [6.45, 7) is 12.4. The van der Waals surface area contributed by atoms with E-state index in [0.717, 1.165) is 24.8 Å². The Morgan fingerprint density at radius 3 is 2.43 bits per heavy atom. The maximum atomic E-state index is 12.7. The smallest absolute Gasteiger partial charge is 0.333 e. The van der Waals surface area contributed by atoms with Crippen LogP contribution < -0.4 is 0 Å². The van der Waals surface area contributed by atoms with Crippen LogP contribution in [0.25, 0.3) is 0 Å². The molecule has 3 saturated heterocycles. The summed E-state index contributed by atoms with van der Waals surface area (Å²) >= 11 is 0. The molecule has 3 fully saturated rings. The van der Waals surface area contributed by atoms with Gasteiger partial charge in [0.25, 0.3) is 0 Å². The molecule has 0 radical (unpaired) electrons. The summed E-state index contributed by atoms with van der Waals surface area (Å²) in [4.78, 5) is 24.3.